The maximum absolute atomic E-state index is 10.5. The molecule has 0 radical (unpaired) electrons. The maximum Gasteiger partial charge on any atom is 0.126 e. The van der Waals surface area contributed by atoms with Crippen molar-refractivity contribution in [2.24, 2.45) is 11.3 Å². The summed E-state index contributed by atoms with van der Waals surface area (Å²) < 4.78 is 6.35. The number of halogens is 1. The first kappa shape index (κ1) is 25.4. The second kappa shape index (κ2) is 10.8. The van der Waals surface area contributed by atoms with Crippen molar-refractivity contribution < 1.29 is 14.9 Å². The molecule has 32 heavy (non-hydrogen) atoms. The zero-order valence-corrected chi connectivity index (χ0v) is 20.9. The summed E-state index contributed by atoms with van der Waals surface area (Å²) in [5.74, 6) is 6.72. The summed E-state index contributed by atoms with van der Waals surface area (Å²) in [4.78, 5) is -0.519. The van der Waals surface area contributed by atoms with Crippen LogP contribution in [0.2, 0.25) is 0 Å². The minimum Gasteiger partial charge on any atom is -0.395 e. The highest BCUT2D eigenvalue weighted by atomic mass is 35.5. The number of hydrogen-bond acceptors (Lipinski definition) is 4. The summed E-state index contributed by atoms with van der Waals surface area (Å²) in [5, 5.41) is 21.1. The Morgan fingerprint density at radius 2 is 2.25 bits per heavy atom. The highest BCUT2D eigenvalue weighted by Gasteiger charge is 2.60. The molecule has 0 bridgehead atoms. The number of fused-ring (bicyclic) bond motifs is 2. The van der Waals surface area contributed by atoms with Gasteiger partial charge in [0.25, 0.3) is 0 Å². The van der Waals surface area contributed by atoms with Gasteiger partial charge in [0, 0.05) is 33.6 Å². The van der Waals surface area contributed by atoms with E-state index in [1.807, 2.05) is 6.08 Å². The fourth-order valence-electron chi connectivity index (χ4n) is 4.76. The zero-order chi connectivity index (χ0) is 23.4. The van der Waals surface area contributed by atoms with E-state index in [0.717, 1.165) is 29.9 Å². The summed E-state index contributed by atoms with van der Waals surface area (Å²) in [5.41, 5.74) is 3.13. The number of thioether (sulfide) groups is 1. The van der Waals surface area contributed by atoms with Gasteiger partial charge in [-0.2, -0.15) is 0 Å². The average molecular weight is 475 g/mol. The highest BCUT2D eigenvalue weighted by molar-refractivity contribution is 8.01. The molecule has 2 saturated heterocycles. The van der Waals surface area contributed by atoms with E-state index in [1.54, 1.807) is 17.8 Å². The zero-order valence-electron chi connectivity index (χ0n) is 19.4. The smallest absolute Gasteiger partial charge is 0.126 e. The molecule has 4 atom stereocenters. The highest BCUT2D eigenvalue weighted by Crippen LogP contribution is 2.63. The standard InChI is InChI=1S/C27H35ClO3S/c1-5-8-20(12-11-19(2)3)9-6-7-10-21-15-26(4)22(13-25(21)28)18-31-27(26)16-23(30)14-24(17-29)32-27/h5-6,8-9,13,19,23-24,29-30H,1,7,10,14-18H2,2-4H3/b9-6-,20-8+/t23?,24?,26?,27-/m1/s1. The van der Waals surface area contributed by atoms with Gasteiger partial charge >= 0.3 is 0 Å². The molecule has 3 nitrogen and oxygen atoms in total. The van der Waals surface area contributed by atoms with Crippen LogP contribution in [-0.2, 0) is 4.74 Å². The lowest BCUT2D eigenvalue weighted by atomic mass is 9.69. The van der Waals surface area contributed by atoms with E-state index in [-0.39, 0.29) is 17.3 Å². The van der Waals surface area contributed by atoms with Crippen LogP contribution in [0.3, 0.4) is 0 Å². The van der Waals surface area contributed by atoms with Gasteiger partial charge in [0.1, 0.15) is 4.93 Å². The van der Waals surface area contributed by atoms with Crippen molar-refractivity contribution >= 4 is 23.4 Å². The Labute approximate surface area is 202 Å². The number of aliphatic hydroxyl groups is 2. The number of ether oxygens (including phenoxy) is 1. The van der Waals surface area contributed by atoms with Crippen LogP contribution in [0.4, 0.5) is 0 Å². The molecule has 0 aromatic carbocycles. The van der Waals surface area contributed by atoms with Gasteiger partial charge in [-0.05, 0) is 43.4 Å². The number of hydrogen-bond donors (Lipinski definition) is 2. The molecule has 0 amide bonds. The molecular weight excluding hydrogens is 440 g/mol. The van der Waals surface area contributed by atoms with Gasteiger partial charge in [0.15, 0.2) is 0 Å². The van der Waals surface area contributed by atoms with Gasteiger partial charge in [-0.3, -0.25) is 0 Å². The van der Waals surface area contributed by atoms with Crippen molar-refractivity contribution in [1.29, 1.82) is 0 Å². The molecule has 2 heterocycles. The Bertz CT molecular complexity index is 904. The topological polar surface area (TPSA) is 49.7 Å². The molecule has 0 saturated carbocycles. The Hall–Kier alpha value is -1.22. The fourth-order valence-corrected chi connectivity index (χ4v) is 6.87. The molecule has 1 aliphatic carbocycles. The molecule has 2 N–H and O–H groups in total. The van der Waals surface area contributed by atoms with Crippen LogP contribution in [0, 0.1) is 23.2 Å². The van der Waals surface area contributed by atoms with E-state index in [1.165, 1.54) is 11.1 Å². The van der Waals surface area contributed by atoms with Gasteiger partial charge in [-0.25, -0.2) is 0 Å². The molecule has 174 valence electrons. The minimum atomic E-state index is -0.519. The van der Waals surface area contributed by atoms with E-state index < -0.39 is 11.0 Å². The van der Waals surface area contributed by atoms with Crippen molar-refractivity contribution in [2.45, 2.75) is 69.2 Å². The lowest BCUT2D eigenvalue weighted by molar-refractivity contribution is -0.0266. The second-order valence-corrected chi connectivity index (χ2v) is 11.4. The fraction of sp³-hybridized carbons (Fsp3) is 0.556. The molecule has 0 aromatic rings. The summed E-state index contributed by atoms with van der Waals surface area (Å²) in [6.45, 7) is 10.7. The third-order valence-electron chi connectivity index (χ3n) is 6.53. The van der Waals surface area contributed by atoms with Crippen LogP contribution in [-0.4, -0.2) is 39.7 Å². The van der Waals surface area contributed by atoms with E-state index in [9.17, 15) is 10.2 Å². The Kier molecular flexibility index (Phi) is 8.58. The van der Waals surface area contributed by atoms with Crippen molar-refractivity contribution in [3.05, 3.63) is 58.7 Å². The van der Waals surface area contributed by atoms with Crippen LogP contribution in [0.5, 0.6) is 0 Å². The molecular formula is C27H35ClO3S. The first-order chi connectivity index (χ1) is 15.2. The van der Waals surface area contributed by atoms with Crippen LogP contribution >= 0.6 is 23.4 Å². The van der Waals surface area contributed by atoms with Crippen LogP contribution in [0.25, 0.3) is 0 Å². The molecule has 3 rings (SSSR count). The summed E-state index contributed by atoms with van der Waals surface area (Å²) in [6, 6.07) is 0. The molecule has 3 aliphatic rings. The lowest BCUT2D eigenvalue weighted by Crippen LogP contribution is -2.49. The summed E-state index contributed by atoms with van der Waals surface area (Å²) in [6.07, 6.45) is 13.2. The third kappa shape index (κ3) is 5.46. The van der Waals surface area contributed by atoms with E-state index in [4.69, 9.17) is 16.3 Å². The van der Waals surface area contributed by atoms with Gasteiger partial charge in [-0.1, -0.05) is 74.6 Å². The molecule has 5 heteroatoms. The van der Waals surface area contributed by atoms with E-state index in [0.29, 0.717) is 25.4 Å². The third-order valence-corrected chi connectivity index (χ3v) is 8.70. The average Bonchev–Trinajstić information content (AvgIpc) is 2.99. The van der Waals surface area contributed by atoms with Crippen molar-refractivity contribution in [2.75, 3.05) is 13.2 Å². The first-order valence-electron chi connectivity index (χ1n) is 11.4. The SMILES string of the molecule is C=C/C=C(C#CC(C)C)\C=C/CCC1=C(Cl)C=C2CO[C@@]3(CC(O)CC(CO)S3)C2(C)C1. The van der Waals surface area contributed by atoms with Crippen molar-refractivity contribution in [1.82, 2.24) is 0 Å². The molecule has 3 unspecified atom stereocenters. The molecule has 2 fully saturated rings. The van der Waals surface area contributed by atoms with Crippen molar-refractivity contribution in [3.63, 3.8) is 0 Å². The van der Waals surface area contributed by atoms with Gasteiger partial charge < -0.3 is 14.9 Å². The quantitative estimate of drug-likeness (QED) is 0.371. The summed E-state index contributed by atoms with van der Waals surface area (Å²) >= 11 is 8.37. The van der Waals surface area contributed by atoms with Crippen molar-refractivity contribution in [3.8, 4) is 11.8 Å². The monoisotopic (exact) mass is 474 g/mol. The number of aliphatic hydroxyl groups excluding tert-OH is 2. The van der Waals surface area contributed by atoms with Gasteiger partial charge in [0.2, 0.25) is 0 Å². The molecule has 1 spiro atoms. The lowest BCUT2D eigenvalue weighted by Gasteiger charge is -2.49. The maximum atomic E-state index is 10.5. The number of rotatable bonds is 6. The number of allylic oxidation sites excluding steroid dienone is 8. The minimum absolute atomic E-state index is 0.00953. The first-order valence-corrected chi connectivity index (χ1v) is 12.7. The molecule has 2 aliphatic heterocycles. The van der Waals surface area contributed by atoms with Gasteiger partial charge in [-0.15, -0.1) is 11.8 Å². The summed E-state index contributed by atoms with van der Waals surface area (Å²) in [7, 11) is 0. The normalized spacial score (nSPS) is 32.8. The van der Waals surface area contributed by atoms with Gasteiger partial charge in [0.05, 0.1) is 19.3 Å². The van der Waals surface area contributed by atoms with E-state index in [2.05, 4.69) is 57.4 Å². The van der Waals surface area contributed by atoms with Crippen LogP contribution in [0.1, 0.15) is 52.9 Å². The Morgan fingerprint density at radius 1 is 1.47 bits per heavy atom. The predicted octanol–water partition coefficient (Wildman–Crippen LogP) is 5.90. The largest absolute Gasteiger partial charge is 0.395 e. The van der Waals surface area contributed by atoms with E-state index >= 15 is 0 Å². The Morgan fingerprint density at radius 3 is 2.94 bits per heavy atom. The Balaban J connectivity index is 1.72. The van der Waals surface area contributed by atoms with Crippen LogP contribution < -0.4 is 0 Å². The predicted molar refractivity (Wildman–Crippen MR) is 135 cm³/mol. The molecule has 0 aromatic heterocycles. The second-order valence-electron chi connectivity index (χ2n) is 9.41. The van der Waals surface area contributed by atoms with Crippen LogP contribution in [0.15, 0.2) is 58.7 Å².